The first-order chi connectivity index (χ1) is 8.74. The van der Waals surface area contributed by atoms with E-state index in [9.17, 15) is 4.79 Å². The van der Waals surface area contributed by atoms with Gasteiger partial charge in [-0.3, -0.25) is 9.69 Å². The van der Waals surface area contributed by atoms with Gasteiger partial charge in [-0.25, -0.2) is 0 Å². The van der Waals surface area contributed by atoms with E-state index in [0.29, 0.717) is 11.9 Å². The van der Waals surface area contributed by atoms with Crippen molar-refractivity contribution in [3.8, 4) is 0 Å². The second-order valence-electron chi connectivity index (χ2n) is 6.25. The molecule has 1 amide bonds. The number of amides is 1. The summed E-state index contributed by atoms with van der Waals surface area (Å²) in [6.07, 6.45) is 6.32. The first kappa shape index (κ1) is 12.4. The molecule has 3 fully saturated rings. The van der Waals surface area contributed by atoms with E-state index in [-0.39, 0.29) is 6.04 Å². The van der Waals surface area contributed by atoms with Gasteiger partial charge in [0, 0.05) is 32.7 Å². The summed E-state index contributed by atoms with van der Waals surface area (Å²) in [7, 11) is 1.94. The third-order valence-electron chi connectivity index (χ3n) is 4.65. The van der Waals surface area contributed by atoms with Crippen LogP contribution in [0.3, 0.4) is 0 Å². The number of carbonyl (C=O) groups is 1. The molecule has 0 radical (unpaired) electrons. The van der Waals surface area contributed by atoms with Crippen molar-refractivity contribution >= 4 is 5.91 Å². The van der Waals surface area contributed by atoms with Gasteiger partial charge in [-0.15, -0.1) is 0 Å². The summed E-state index contributed by atoms with van der Waals surface area (Å²) >= 11 is 0. The van der Waals surface area contributed by atoms with Crippen LogP contribution in [0.15, 0.2) is 0 Å². The van der Waals surface area contributed by atoms with Crippen LogP contribution in [0.5, 0.6) is 0 Å². The maximum Gasteiger partial charge on any atom is 0.239 e. The van der Waals surface area contributed by atoms with Crippen LogP contribution >= 0.6 is 0 Å². The highest BCUT2D eigenvalue weighted by Gasteiger charge is 2.37. The Morgan fingerprint density at radius 2 is 2.11 bits per heavy atom. The van der Waals surface area contributed by atoms with Gasteiger partial charge in [-0.2, -0.15) is 0 Å². The molecule has 2 atom stereocenters. The lowest BCUT2D eigenvalue weighted by Crippen LogP contribution is -2.47. The van der Waals surface area contributed by atoms with E-state index in [1.807, 2.05) is 11.9 Å². The number of likely N-dealkylation sites (tertiary alicyclic amines) is 1. The minimum absolute atomic E-state index is 0.165. The SMILES string of the molecule is CN1CCC(N(CC2CC2)CC2CCCN2)C1=O. The lowest BCUT2D eigenvalue weighted by Gasteiger charge is -2.30. The lowest BCUT2D eigenvalue weighted by atomic mass is 10.1. The molecule has 1 saturated carbocycles. The molecule has 0 bridgehead atoms. The predicted molar refractivity (Wildman–Crippen MR) is 71.4 cm³/mol. The van der Waals surface area contributed by atoms with E-state index in [1.165, 1.54) is 25.7 Å². The quantitative estimate of drug-likeness (QED) is 0.780. The average molecular weight is 251 g/mol. The van der Waals surface area contributed by atoms with Gasteiger partial charge in [-0.05, 0) is 44.6 Å². The van der Waals surface area contributed by atoms with Crippen LogP contribution in [0.2, 0.25) is 0 Å². The molecular formula is C14H25N3O. The highest BCUT2D eigenvalue weighted by molar-refractivity contribution is 5.83. The Bertz CT molecular complexity index is 310. The highest BCUT2D eigenvalue weighted by atomic mass is 16.2. The largest absolute Gasteiger partial charge is 0.344 e. The summed E-state index contributed by atoms with van der Waals surface area (Å²) in [5, 5.41) is 3.56. The summed E-state index contributed by atoms with van der Waals surface area (Å²) in [6.45, 7) is 4.30. The zero-order valence-electron chi connectivity index (χ0n) is 11.4. The maximum atomic E-state index is 12.2. The zero-order chi connectivity index (χ0) is 12.5. The Morgan fingerprint density at radius 1 is 1.28 bits per heavy atom. The molecule has 3 aliphatic rings. The van der Waals surface area contributed by atoms with Crippen LogP contribution in [0.1, 0.15) is 32.1 Å². The second-order valence-corrected chi connectivity index (χ2v) is 6.25. The van der Waals surface area contributed by atoms with Crippen molar-refractivity contribution in [1.29, 1.82) is 0 Å². The molecule has 0 spiro atoms. The lowest BCUT2D eigenvalue weighted by molar-refractivity contribution is -0.131. The van der Waals surface area contributed by atoms with Crippen molar-refractivity contribution in [1.82, 2.24) is 15.1 Å². The van der Waals surface area contributed by atoms with E-state index in [0.717, 1.165) is 38.5 Å². The number of carbonyl (C=O) groups excluding carboxylic acids is 1. The maximum absolute atomic E-state index is 12.2. The first-order valence-electron chi connectivity index (χ1n) is 7.46. The molecule has 2 heterocycles. The third kappa shape index (κ3) is 2.69. The number of hydrogen-bond acceptors (Lipinski definition) is 3. The van der Waals surface area contributed by atoms with Crippen LogP contribution in [0.25, 0.3) is 0 Å². The second kappa shape index (κ2) is 5.17. The van der Waals surface area contributed by atoms with Crippen molar-refractivity contribution in [2.75, 3.05) is 33.2 Å². The van der Waals surface area contributed by atoms with E-state index in [4.69, 9.17) is 0 Å². The van der Waals surface area contributed by atoms with E-state index < -0.39 is 0 Å². The fraction of sp³-hybridized carbons (Fsp3) is 0.929. The normalized spacial score (nSPS) is 32.8. The van der Waals surface area contributed by atoms with Crippen molar-refractivity contribution in [2.45, 2.75) is 44.2 Å². The van der Waals surface area contributed by atoms with Crippen molar-refractivity contribution in [2.24, 2.45) is 5.92 Å². The molecule has 0 aromatic carbocycles. The minimum Gasteiger partial charge on any atom is -0.344 e. The monoisotopic (exact) mass is 251 g/mol. The Morgan fingerprint density at radius 3 is 2.67 bits per heavy atom. The van der Waals surface area contributed by atoms with Gasteiger partial charge in [0.25, 0.3) is 0 Å². The van der Waals surface area contributed by atoms with Crippen LogP contribution in [-0.2, 0) is 4.79 Å². The van der Waals surface area contributed by atoms with Gasteiger partial charge in [0.1, 0.15) is 0 Å². The molecular weight excluding hydrogens is 226 g/mol. The Hall–Kier alpha value is -0.610. The smallest absolute Gasteiger partial charge is 0.239 e. The van der Waals surface area contributed by atoms with Gasteiger partial charge in [0.05, 0.1) is 6.04 Å². The summed E-state index contributed by atoms with van der Waals surface area (Å²) in [6, 6.07) is 0.778. The molecule has 1 N–H and O–H groups in total. The van der Waals surface area contributed by atoms with Crippen LogP contribution in [-0.4, -0.2) is 61.0 Å². The molecule has 2 saturated heterocycles. The molecule has 2 unspecified atom stereocenters. The molecule has 18 heavy (non-hydrogen) atoms. The van der Waals surface area contributed by atoms with Crippen molar-refractivity contribution in [3.05, 3.63) is 0 Å². The molecule has 2 aliphatic heterocycles. The van der Waals surface area contributed by atoms with Crippen LogP contribution < -0.4 is 5.32 Å². The van der Waals surface area contributed by atoms with Gasteiger partial charge in [0.15, 0.2) is 0 Å². The van der Waals surface area contributed by atoms with Crippen molar-refractivity contribution in [3.63, 3.8) is 0 Å². The van der Waals surface area contributed by atoms with Crippen LogP contribution in [0.4, 0.5) is 0 Å². The third-order valence-corrected chi connectivity index (χ3v) is 4.65. The standard InChI is InChI=1S/C14H25N3O/c1-16-8-6-13(14(16)18)17(9-11-4-5-11)10-12-3-2-7-15-12/h11-13,15H,2-10H2,1H3. The fourth-order valence-corrected chi connectivity index (χ4v) is 3.30. The summed E-state index contributed by atoms with van der Waals surface area (Å²) in [4.78, 5) is 16.6. The zero-order valence-corrected chi connectivity index (χ0v) is 11.4. The number of likely N-dealkylation sites (N-methyl/N-ethyl adjacent to an activating group) is 1. The van der Waals surface area contributed by atoms with E-state index in [2.05, 4.69) is 10.2 Å². The molecule has 102 valence electrons. The Kier molecular flexibility index (Phi) is 3.57. The van der Waals surface area contributed by atoms with Crippen molar-refractivity contribution < 1.29 is 4.79 Å². The topological polar surface area (TPSA) is 35.6 Å². The minimum atomic E-state index is 0.165. The molecule has 1 aliphatic carbocycles. The summed E-state index contributed by atoms with van der Waals surface area (Å²) in [5.41, 5.74) is 0. The van der Waals surface area contributed by atoms with E-state index >= 15 is 0 Å². The summed E-state index contributed by atoms with van der Waals surface area (Å²) < 4.78 is 0. The highest BCUT2D eigenvalue weighted by Crippen LogP contribution is 2.31. The summed E-state index contributed by atoms with van der Waals surface area (Å²) in [5.74, 6) is 1.21. The van der Waals surface area contributed by atoms with Gasteiger partial charge in [-0.1, -0.05) is 0 Å². The molecule has 0 aromatic rings. The van der Waals surface area contributed by atoms with E-state index in [1.54, 1.807) is 0 Å². The number of hydrogen-bond donors (Lipinski definition) is 1. The van der Waals surface area contributed by atoms with Gasteiger partial charge < -0.3 is 10.2 Å². The van der Waals surface area contributed by atoms with Crippen LogP contribution in [0, 0.1) is 5.92 Å². The molecule has 4 heteroatoms. The van der Waals surface area contributed by atoms with Gasteiger partial charge >= 0.3 is 0 Å². The predicted octanol–water partition coefficient (Wildman–Crippen LogP) is 0.681. The number of rotatable bonds is 5. The molecule has 3 rings (SSSR count). The fourth-order valence-electron chi connectivity index (χ4n) is 3.30. The number of nitrogens with zero attached hydrogens (tertiary/aromatic N) is 2. The number of nitrogens with one attached hydrogen (secondary N) is 1. The molecule has 0 aromatic heterocycles. The molecule has 4 nitrogen and oxygen atoms in total. The Balaban J connectivity index is 1.62. The first-order valence-corrected chi connectivity index (χ1v) is 7.46. The Labute approximate surface area is 110 Å². The average Bonchev–Trinajstić information content (AvgIpc) is 2.90. The van der Waals surface area contributed by atoms with Gasteiger partial charge in [0.2, 0.25) is 5.91 Å².